The normalized spacial score (nSPS) is 26.1. The molecule has 4 atom stereocenters. The van der Waals surface area contributed by atoms with Crippen LogP contribution in [0.15, 0.2) is 43.0 Å². The van der Waals surface area contributed by atoms with Gasteiger partial charge in [0.2, 0.25) is 5.91 Å². The molecule has 0 bridgehead atoms. The number of aromatic nitrogens is 2. The Labute approximate surface area is 169 Å². The number of carbonyl (C=O) groups is 2. The smallest absolute Gasteiger partial charge is 0.341 e. The van der Waals surface area contributed by atoms with Gasteiger partial charge >= 0.3 is 5.97 Å². The fourth-order valence-corrected chi connectivity index (χ4v) is 4.37. The third kappa shape index (κ3) is 4.12. The summed E-state index contributed by atoms with van der Waals surface area (Å²) in [6, 6.07) is 6.88. The maximum absolute atomic E-state index is 12.6. The molecular formula is C21H25N3O5. The molecule has 1 N–H and O–H groups in total. The lowest BCUT2D eigenvalue weighted by Gasteiger charge is -2.35. The van der Waals surface area contributed by atoms with Crippen molar-refractivity contribution in [2.45, 2.75) is 31.6 Å². The number of esters is 1. The highest BCUT2D eigenvalue weighted by Crippen LogP contribution is 2.38. The van der Waals surface area contributed by atoms with E-state index >= 15 is 0 Å². The number of imidazole rings is 1. The van der Waals surface area contributed by atoms with E-state index in [4.69, 9.17) is 9.47 Å². The maximum atomic E-state index is 12.6. The van der Waals surface area contributed by atoms with Crippen LogP contribution in [0.1, 0.15) is 23.2 Å². The summed E-state index contributed by atoms with van der Waals surface area (Å²) < 4.78 is 12.6. The van der Waals surface area contributed by atoms with Crippen LogP contribution in [0.3, 0.4) is 0 Å². The molecule has 154 valence electrons. The molecule has 4 rings (SSSR count). The van der Waals surface area contributed by atoms with Crippen molar-refractivity contribution in [2.24, 2.45) is 11.8 Å². The Kier molecular flexibility index (Phi) is 5.53. The van der Waals surface area contributed by atoms with Crippen molar-refractivity contribution in [1.82, 2.24) is 14.5 Å². The first-order valence-corrected chi connectivity index (χ1v) is 9.80. The molecule has 1 saturated carbocycles. The number of ether oxygens (including phenoxy) is 2. The number of amides is 1. The van der Waals surface area contributed by atoms with Crippen LogP contribution in [0.4, 0.5) is 0 Å². The van der Waals surface area contributed by atoms with E-state index in [2.05, 4.69) is 4.98 Å². The van der Waals surface area contributed by atoms with Crippen LogP contribution in [0, 0.1) is 11.8 Å². The molecule has 1 saturated heterocycles. The molecule has 2 aliphatic rings. The van der Waals surface area contributed by atoms with Crippen LogP contribution in [0.5, 0.6) is 5.75 Å². The third-order valence-electron chi connectivity index (χ3n) is 5.89. The minimum absolute atomic E-state index is 0.0559. The topological polar surface area (TPSA) is 93.9 Å². The Morgan fingerprint density at radius 1 is 1.21 bits per heavy atom. The number of hydrogen-bond donors (Lipinski definition) is 1. The summed E-state index contributed by atoms with van der Waals surface area (Å²) in [5.41, 5.74) is 0.341. The van der Waals surface area contributed by atoms with Gasteiger partial charge in [0.15, 0.2) is 0 Å². The number of benzene rings is 1. The van der Waals surface area contributed by atoms with E-state index in [1.807, 2.05) is 4.90 Å². The third-order valence-corrected chi connectivity index (χ3v) is 5.89. The molecule has 1 aromatic heterocycles. The SMILES string of the molecule is COC(=O)c1ccccc1O[C@@H]1C[C@@H]2CN(C(=O)Cn3ccnc3)C[C@@H]2C[C@H]1O. The average Bonchev–Trinajstić information content (AvgIpc) is 3.37. The van der Waals surface area contributed by atoms with Crippen LogP contribution >= 0.6 is 0 Å². The summed E-state index contributed by atoms with van der Waals surface area (Å²) in [6.07, 6.45) is 5.19. The van der Waals surface area contributed by atoms with Crippen LogP contribution in [-0.4, -0.2) is 63.8 Å². The van der Waals surface area contributed by atoms with E-state index in [0.29, 0.717) is 37.2 Å². The molecule has 1 aromatic carbocycles. The van der Waals surface area contributed by atoms with Gasteiger partial charge in [0, 0.05) is 25.5 Å². The summed E-state index contributed by atoms with van der Waals surface area (Å²) in [7, 11) is 1.33. The minimum atomic E-state index is -0.648. The zero-order chi connectivity index (χ0) is 20.4. The molecule has 29 heavy (non-hydrogen) atoms. The molecule has 1 aliphatic heterocycles. The Bertz CT molecular complexity index is 869. The van der Waals surface area contributed by atoms with Crippen molar-refractivity contribution in [2.75, 3.05) is 20.2 Å². The minimum Gasteiger partial charge on any atom is -0.487 e. The van der Waals surface area contributed by atoms with E-state index in [9.17, 15) is 14.7 Å². The summed E-state index contributed by atoms with van der Waals surface area (Å²) >= 11 is 0. The predicted molar refractivity (Wildman–Crippen MR) is 103 cm³/mol. The lowest BCUT2D eigenvalue weighted by atomic mass is 9.78. The highest BCUT2D eigenvalue weighted by Gasteiger charge is 2.44. The number of likely N-dealkylation sites (tertiary alicyclic amines) is 1. The van der Waals surface area contributed by atoms with Crippen molar-refractivity contribution < 1.29 is 24.2 Å². The standard InChI is InChI=1S/C21H25N3O5/c1-28-21(27)16-4-2-3-5-18(16)29-19-9-15-11-24(10-14(15)8-17(19)25)20(26)12-23-7-6-22-13-23/h2-7,13-15,17,19,25H,8-12H2,1H3/t14-,15+,17+,19+/m0/s1. The Balaban J connectivity index is 1.41. The molecule has 8 nitrogen and oxygen atoms in total. The van der Waals surface area contributed by atoms with Gasteiger partial charge in [-0.15, -0.1) is 0 Å². The van der Waals surface area contributed by atoms with Crippen LogP contribution < -0.4 is 4.74 Å². The molecule has 8 heteroatoms. The molecule has 2 heterocycles. The molecule has 0 spiro atoms. The summed E-state index contributed by atoms with van der Waals surface area (Å²) in [4.78, 5) is 30.4. The van der Waals surface area contributed by atoms with E-state index in [-0.39, 0.29) is 24.3 Å². The van der Waals surface area contributed by atoms with Gasteiger partial charge in [0.25, 0.3) is 0 Å². The number of methoxy groups -OCH3 is 1. The van der Waals surface area contributed by atoms with Gasteiger partial charge in [-0.1, -0.05) is 12.1 Å². The summed E-state index contributed by atoms with van der Waals surface area (Å²) in [5.74, 6) is 0.516. The number of para-hydroxylation sites is 1. The second kappa shape index (κ2) is 8.24. The van der Waals surface area contributed by atoms with Crippen molar-refractivity contribution >= 4 is 11.9 Å². The quantitative estimate of drug-likeness (QED) is 0.763. The summed E-state index contributed by atoms with van der Waals surface area (Å²) in [5, 5.41) is 10.6. The number of aliphatic hydroxyl groups is 1. The van der Waals surface area contributed by atoms with Gasteiger partial charge in [-0.2, -0.15) is 0 Å². The molecule has 0 radical (unpaired) electrons. The maximum Gasteiger partial charge on any atom is 0.341 e. The first-order chi connectivity index (χ1) is 14.0. The number of carbonyl (C=O) groups excluding carboxylic acids is 2. The second-order valence-corrected chi connectivity index (χ2v) is 7.74. The van der Waals surface area contributed by atoms with Gasteiger partial charge < -0.3 is 24.0 Å². The Hall–Kier alpha value is -2.87. The lowest BCUT2D eigenvalue weighted by molar-refractivity contribution is -0.131. The molecule has 1 amide bonds. The molecule has 2 fully saturated rings. The van der Waals surface area contributed by atoms with E-state index in [1.165, 1.54) is 7.11 Å². The number of fused-ring (bicyclic) bond motifs is 1. The van der Waals surface area contributed by atoms with Crippen molar-refractivity contribution in [1.29, 1.82) is 0 Å². The van der Waals surface area contributed by atoms with E-state index in [0.717, 1.165) is 0 Å². The molecular weight excluding hydrogens is 374 g/mol. The van der Waals surface area contributed by atoms with Crippen LogP contribution in [-0.2, 0) is 16.1 Å². The Morgan fingerprint density at radius 2 is 1.97 bits per heavy atom. The number of rotatable bonds is 5. The second-order valence-electron chi connectivity index (χ2n) is 7.74. The first kappa shape index (κ1) is 19.4. The highest BCUT2D eigenvalue weighted by molar-refractivity contribution is 5.92. The fourth-order valence-electron chi connectivity index (χ4n) is 4.37. The zero-order valence-corrected chi connectivity index (χ0v) is 16.3. The van der Waals surface area contributed by atoms with Gasteiger partial charge in [-0.3, -0.25) is 4.79 Å². The Morgan fingerprint density at radius 3 is 2.69 bits per heavy atom. The predicted octanol–water partition coefficient (Wildman–Crippen LogP) is 1.35. The molecule has 1 aliphatic carbocycles. The monoisotopic (exact) mass is 399 g/mol. The fraction of sp³-hybridized carbons (Fsp3) is 0.476. The lowest BCUT2D eigenvalue weighted by Crippen LogP contribution is -2.42. The number of aliphatic hydroxyl groups excluding tert-OH is 1. The largest absolute Gasteiger partial charge is 0.487 e. The number of nitrogens with zero attached hydrogens (tertiary/aromatic N) is 3. The van der Waals surface area contributed by atoms with Crippen molar-refractivity contribution in [3.8, 4) is 5.75 Å². The van der Waals surface area contributed by atoms with Gasteiger partial charge in [-0.05, 0) is 36.8 Å². The van der Waals surface area contributed by atoms with Gasteiger partial charge in [0.1, 0.15) is 24.0 Å². The van der Waals surface area contributed by atoms with Crippen molar-refractivity contribution in [3.05, 3.63) is 48.5 Å². The zero-order valence-electron chi connectivity index (χ0n) is 16.3. The number of hydrogen-bond acceptors (Lipinski definition) is 6. The highest BCUT2D eigenvalue weighted by atomic mass is 16.5. The van der Waals surface area contributed by atoms with Crippen LogP contribution in [0.2, 0.25) is 0 Å². The van der Waals surface area contributed by atoms with Crippen molar-refractivity contribution in [3.63, 3.8) is 0 Å². The summed E-state index contributed by atoms with van der Waals surface area (Å²) in [6.45, 7) is 1.58. The first-order valence-electron chi connectivity index (χ1n) is 9.80. The average molecular weight is 399 g/mol. The van der Waals surface area contributed by atoms with Gasteiger partial charge in [0.05, 0.1) is 19.5 Å². The van der Waals surface area contributed by atoms with Crippen LogP contribution in [0.25, 0.3) is 0 Å². The van der Waals surface area contributed by atoms with Gasteiger partial charge in [-0.25, -0.2) is 9.78 Å². The van der Waals surface area contributed by atoms with E-state index in [1.54, 1.807) is 47.6 Å². The molecule has 2 aromatic rings. The van der Waals surface area contributed by atoms with E-state index < -0.39 is 18.2 Å². The molecule has 0 unspecified atom stereocenters.